The van der Waals surface area contributed by atoms with Crippen molar-refractivity contribution in [2.75, 3.05) is 6.61 Å². The van der Waals surface area contributed by atoms with Crippen molar-refractivity contribution in [1.82, 2.24) is 9.55 Å². The van der Waals surface area contributed by atoms with E-state index in [1.165, 1.54) is 10.8 Å². The van der Waals surface area contributed by atoms with Crippen molar-refractivity contribution < 1.29 is 24.4 Å². The van der Waals surface area contributed by atoms with E-state index in [4.69, 9.17) is 19.9 Å². The lowest BCUT2D eigenvalue weighted by atomic mass is 9.80. The average molecular weight is 566 g/mol. The molecule has 0 aliphatic carbocycles. The minimum atomic E-state index is -2.06. The Morgan fingerprint density at radius 1 is 0.975 bits per heavy atom. The molecule has 0 amide bonds. The fourth-order valence-corrected chi connectivity index (χ4v) is 5.26. The van der Waals surface area contributed by atoms with Gasteiger partial charge in [0.05, 0.1) is 12.7 Å². The van der Waals surface area contributed by atoms with Crippen LogP contribution in [0.4, 0.5) is 0 Å². The second-order valence-electron chi connectivity index (χ2n) is 9.27. The van der Waals surface area contributed by atoms with Crippen LogP contribution in [0.3, 0.4) is 0 Å². The van der Waals surface area contributed by atoms with E-state index in [1.807, 2.05) is 91.0 Å². The number of hydrogen-bond donors (Lipinski definition) is 5. The van der Waals surface area contributed by atoms with Gasteiger partial charge in [-0.25, -0.2) is 4.79 Å². The molecule has 0 spiro atoms. The van der Waals surface area contributed by atoms with Crippen LogP contribution in [0.15, 0.2) is 107 Å². The molecule has 0 bridgehead atoms. The van der Waals surface area contributed by atoms with Crippen molar-refractivity contribution in [3.8, 4) is 0 Å². The maximum absolute atomic E-state index is 11.6. The van der Waals surface area contributed by atoms with Gasteiger partial charge in [0.2, 0.25) is 0 Å². The number of nitrogens with one attached hydrogen (secondary N) is 1. The molecule has 1 aromatic heterocycles. The SMILES string of the molecule is Cc1cn([C@H]2C[C@H](O)[C@@H](CO)O2)c(=O)[nH]c1=O.NP(O)OC(c1ccccc1)(c1ccccc1)c1ccccc1. The predicted molar refractivity (Wildman–Crippen MR) is 151 cm³/mol. The van der Waals surface area contributed by atoms with Crippen LogP contribution in [0.2, 0.25) is 0 Å². The van der Waals surface area contributed by atoms with Gasteiger partial charge in [-0.3, -0.25) is 19.8 Å². The first-order valence-corrected chi connectivity index (χ1v) is 13.9. The van der Waals surface area contributed by atoms with E-state index in [0.717, 1.165) is 16.7 Å². The predicted octanol–water partition coefficient (Wildman–Crippen LogP) is 2.66. The number of H-pyrrole nitrogens is 1. The van der Waals surface area contributed by atoms with Gasteiger partial charge in [-0.2, -0.15) is 0 Å². The Hall–Kier alpha value is -3.47. The first kappa shape index (κ1) is 29.5. The van der Waals surface area contributed by atoms with Crippen LogP contribution < -0.4 is 16.8 Å². The summed E-state index contributed by atoms with van der Waals surface area (Å²) in [5, 5.41) is 18.5. The van der Waals surface area contributed by atoms with E-state index in [2.05, 4.69) is 4.98 Å². The second-order valence-corrected chi connectivity index (χ2v) is 10.1. The van der Waals surface area contributed by atoms with Crippen LogP contribution in [0, 0.1) is 6.92 Å². The van der Waals surface area contributed by atoms with Crippen LogP contribution in [-0.4, -0.2) is 43.5 Å². The first-order chi connectivity index (χ1) is 19.3. The highest BCUT2D eigenvalue weighted by molar-refractivity contribution is 7.43. The van der Waals surface area contributed by atoms with Gasteiger partial charge >= 0.3 is 5.69 Å². The summed E-state index contributed by atoms with van der Waals surface area (Å²) in [7, 11) is -2.06. The van der Waals surface area contributed by atoms with Crippen molar-refractivity contribution in [3.63, 3.8) is 0 Å². The summed E-state index contributed by atoms with van der Waals surface area (Å²) in [6.07, 6.45) is -0.581. The largest absolute Gasteiger partial charge is 0.394 e. The molecule has 11 heteroatoms. The average Bonchev–Trinajstić information content (AvgIpc) is 3.35. The van der Waals surface area contributed by atoms with E-state index in [-0.39, 0.29) is 13.0 Å². The summed E-state index contributed by atoms with van der Waals surface area (Å²) < 4.78 is 12.5. The Morgan fingerprint density at radius 2 is 1.45 bits per heavy atom. The number of ether oxygens (including phenoxy) is 1. The molecule has 40 heavy (non-hydrogen) atoms. The highest BCUT2D eigenvalue weighted by Gasteiger charge is 2.39. The molecule has 5 rings (SSSR count). The standard InChI is InChI=1S/C19H18NO2P.C10H14N2O5/c20-23(21)22-19(16-10-4-1-5-11-16,17-12-6-2-7-13-17)18-14-8-3-9-15-18;1-5-3-12(10(16)11-9(5)15)8-2-6(14)7(4-13)17-8/h1-15,21H,20H2;3,6-8,13-14H,2,4H2,1H3,(H,11,15,16)/t;6-,7+,8+/m.0/s1. The fraction of sp³-hybridized carbons (Fsp3) is 0.241. The second kappa shape index (κ2) is 13.3. The normalized spacial score (nSPS) is 19.5. The molecule has 4 atom stereocenters. The zero-order valence-corrected chi connectivity index (χ0v) is 22.7. The van der Waals surface area contributed by atoms with Crippen molar-refractivity contribution in [2.24, 2.45) is 5.50 Å². The van der Waals surface area contributed by atoms with E-state index < -0.39 is 43.8 Å². The summed E-state index contributed by atoms with van der Waals surface area (Å²) in [5.74, 6) is 0. The smallest absolute Gasteiger partial charge is 0.330 e. The van der Waals surface area contributed by atoms with Crippen LogP contribution in [0.25, 0.3) is 0 Å². The quantitative estimate of drug-likeness (QED) is 0.169. The third kappa shape index (κ3) is 6.46. The highest BCUT2D eigenvalue weighted by atomic mass is 31.2. The van der Waals surface area contributed by atoms with E-state index in [1.54, 1.807) is 6.92 Å². The molecule has 1 aliphatic heterocycles. The Morgan fingerprint density at radius 3 is 1.85 bits per heavy atom. The summed E-state index contributed by atoms with van der Waals surface area (Å²) in [5.41, 5.74) is 6.86. The van der Waals surface area contributed by atoms with Crippen LogP contribution in [0.1, 0.15) is 34.9 Å². The number of aliphatic hydroxyl groups excluding tert-OH is 2. The van der Waals surface area contributed by atoms with E-state index in [9.17, 15) is 19.6 Å². The van der Waals surface area contributed by atoms with Gasteiger partial charge in [0.1, 0.15) is 12.3 Å². The third-order valence-corrected chi connectivity index (χ3v) is 7.07. The number of nitrogens with zero attached hydrogens (tertiary/aromatic N) is 1. The zero-order valence-electron chi connectivity index (χ0n) is 21.8. The van der Waals surface area contributed by atoms with Gasteiger partial charge < -0.3 is 24.4 Å². The number of rotatable bonds is 7. The van der Waals surface area contributed by atoms with Gasteiger partial charge in [-0.1, -0.05) is 91.0 Å². The molecular weight excluding hydrogens is 533 g/mol. The molecule has 3 aromatic carbocycles. The number of aromatic amines is 1. The van der Waals surface area contributed by atoms with Crippen LogP contribution in [0.5, 0.6) is 0 Å². The van der Waals surface area contributed by atoms with Gasteiger partial charge in [-0.05, 0) is 23.6 Å². The van der Waals surface area contributed by atoms with Gasteiger partial charge in [0.15, 0.2) is 5.60 Å². The number of benzene rings is 3. The van der Waals surface area contributed by atoms with Gasteiger partial charge in [0, 0.05) is 18.2 Å². The summed E-state index contributed by atoms with van der Waals surface area (Å²) in [6.45, 7) is 1.26. The molecule has 1 fully saturated rings. The topological polar surface area (TPSA) is 160 Å². The highest BCUT2D eigenvalue weighted by Crippen LogP contribution is 2.46. The lowest BCUT2D eigenvalue weighted by Gasteiger charge is -2.36. The monoisotopic (exact) mass is 565 g/mol. The number of hydrogen-bond acceptors (Lipinski definition) is 8. The molecule has 0 radical (unpaired) electrons. The van der Waals surface area contributed by atoms with Crippen molar-refractivity contribution >= 4 is 8.53 Å². The molecule has 1 saturated heterocycles. The van der Waals surface area contributed by atoms with Crippen molar-refractivity contribution in [1.29, 1.82) is 0 Å². The fourth-order valence-electron chi connectivity index (χ4n) is 4.67. The lowest BCUT2D eigenvalue weighted by Crippen LogP contribution is -2.33. The molecular formula is C29H32N3O7P. The van der Waals surface area contributed by atoms with Crippen LogP contribution in [-0.2, 0) is 14.9 Å². The zero-order chi connectivity index (χ0) is 28.7. The number of aryl methyl sites for hydroxylation is 1. The summed E-state index contributed by atoms with van der Waals surface area (Å²) >= 11 is 0. The molecule has 0 saturated carbocycles. The Balaban J connectivity index is 0.000000194. The van der Waals surface area contributed by atoms with Crippen molar-refractivity contribution in [2.45, 2.75) is 37.4 Å². The van der Waals surface area contributed by atoms with Crippen LogP contribution >= 0.6 is 8.53 Å². The first-order valence-electron chi connectivity index (χ1n) is 12.6. The van der Waals surface area contributed by atoms with Gasteiger partial charge in [0.25, 0.3) is 14.1 Å². The summed E-state index contributed by atoms with van der Waals surface area (Å²) in [4.78, 5) is 34.8. The Bertz CT molecular complexity index is 1380. The molecule has 2 heterocycles. The minimum Gasteiger partial charge on any atom is -0.394 e. The number of nitrogens with two attached hydrogens (primary N) is 1. The maximum atomic E-state index is 11.6. The number of aromatic nitrogens is 2. The molecule has 10 nitrogen and oxygen atoms in total. The Kier molecular flexibility index (Phi) is 9.78. The van der Waals surface area contributed by atoms with Gasteiger partial charge in [-0.15, -0.1) is 0 Å². The lowest BCUT2D eigenvalue weighted by molar-refractivity contribution is -0.0459. The molecule has 210 valence electrons. The summed E-state index contributed by atoms with van der Waals surface area (Å²) in [6, 6.07) is 29.5. The minimum absolute atomic E-state index is 0.205. The third-order valence-electron chi connectivity index (χ3n) is 6.61. The van der Waals surface area contributed by atoms with E-state index >= 15 is 0 Å². The Labute approximate surface area is 232 Å². The van der Waals surface area contributed by atoms with Crippen molar-refractivity contribution in [3.05, 3.63) is 140 Å². The molecule has 1 unspecified atom stereocenters. The van der Waals surface area contributed by atoms with E-state index in [0.29, 0.717) is 5.56 Å². The molecule has 1 aliphatic rings. The molecule has 6 N–H and O–H groups in total. The maximum Gasteiger partial charge on any atom is 0.330 e. The number of aliphatic hydroxyl groups is 2. The molecule has 4 aromatic rings.